The third-order valence-electron chi connectivity index (χ3n) is 3.15. The zero-order chi connectivity index (χ0) is 13.0. The van der Waals surface area contributed by atoms with Crippen molar-refractivity contribution in [1.82, 2.24) is 9.80 Å². The smallest absolute Gasteiger partial charge is 0.252 e. The molecule has 0 aromatic rings. The molecule has 0 saturated carbocycles. The Balaban J connectivity index is 1.90. The molecule has 6 saturated heterocycles. The zero-order valence-corrected chi connectivity index (χ0v) is 11.4. The highest BCUT2D eigenvalue weighted by molar-refractivity contribution is 7.51. The zero-order valence-electron chi connectivity index (χ0n) is 9.63. The van der Waals surface area contributed by atoms with Crippen LogP contribution in [0.4, 0.5) is 0 Å². The lowest BCUT2D eigenvalue weighted by molar-refractivity contribution is -0.386. The molecule has 6 rings (SSSR count). The van der Waals surface area contributed by atoms with Gasteiger partial charge in [0, 0.05) is 0 Å². The Bertz CT molecular complexity index is 518. The molecule has 0 amide bonds. The van der Waals surface area contributed by atoms with E-state index in [0.717, 1.165) is 0 Å². The van der Waals surface area contributed by atoms with E-state index in [1.807, 2.05) is 0 Å². The van der Waals surface area contributed by atoms with Crippen LogP contribution in [0.5, 0.6) is 0 Å². The van der Waals surface area contributed by atoms with Crippen molar-refractivity contribution in [1.29, 1.82) is 0 Å². The molecule has 0 aliphatic carbocycles. The highest BCUT2D eigenvalue weighted by Crippen LogP contribution is 2.84. The normalized spacial score (nSPS) is 61.9. The molecule has 4 bridgehead atoms. The van der Waals surface area contributed by atoms with Gasteiger partial charge in [0.2, 0.25) is 6.41 Å². The summed E-state index contributed by atoms with van der Waals surface area (Å²) >= 11 is 0. The van der Waals surface area contributed by atoms with Gasteiger partial charge in [-0.3, -0.25) is 4.90 Å². The van der Waals surface area contributed by atoms with Crippen LogP contribution in [0, 0.1) is 0 Å². The first-order chi connectivity index (χ1) is 8.24. The molecule has 6 aliphatic heterocycles. The first kappa shape index (κ1) is 11.9. The average molecular weight is 300 g/mol. The van der Waals surface area contributed by atoms with Crippen LogP contribution in [-0.4, -0.2) is 49.2 Å². The standard InChI is InChI=1S/C6H10N2O8P2/c1-7(2)5-6(15-18(10,14-5)16-6)8(3)4-11-17(9,12-4)13-5/h4H,1-3H3. The lowest BCUT2D eigenvalue weighted by Gasteiger charge is -2.45. The Labute approximate surface area is 102 Å². The van der Waals surface area contributed by atoms with Gasteiger partial charge in [-0.15, -0.1) is 0 Å². The number of phosphoric acid groups is 2. The average Bonchev–Trinajstić information content (AvgIpc) is 2.52. The molecule has 6 fully saturated rings. The molecule has 0 aromatic heterocycles. The monoisotopic (exact) mass is 300 g/mol. The van der Waals surface area contributed by atoms with Crippen molar-refractivity contribution < 1.29 is 36.3 Å². The maximum atomic E-state index is 12.0. The molecular weight excluding hydrogens is 290 g/mol. The molecular formula is C6H10N2O8P2. The quantitative estimate of drug-likeness (QED) is 0.634. The number of likely N-dealkylation sites (N-methyl/N-ethyl adjacent to an activating group) is 2. The molecule has 18 heavy (non-hydrogen) atoms. The van der Waals surface area contributed by atoms with Crippen molar-refractivity contribution in [3.05, 3.63) is 0 Å². The minimum absolute atomic E-state index is 0.965. The van der Waals surface area contributed by atoms with Gasteiger partial charge < -0.3 is 0 Å². The Morgan fingerprint density at radius 1 is 1.06 bits per heavy atom. The summed E-state index contributed by atoms with van der Waals surface area (Å²) in [5, 5.41) is 0. The third kappa shape index (κ3) is 1.06. The van der Waals surface area contributed by atoms with Gasteiger partial charge in [-0.25, -0.2) is 36.3 Å². The molecule has 10 nitrogen and oxygen atoms in total. The van der Waals surface area contributed by atoms with Gasteiger partial charge >= 0.3 is 27.5 Å². The third-order valence-corrected chi connectivity index (χ3v) is 5.91. The van der Waals surface area contributed by atoms with Gasteiger partial charge in [0.25, 0.3) is 0 Å². The fraction of sp³-hybridized carbons (Fsp3) is 1.00. The number of hydrogen-bond acceptors (Lipinski definition) is 10. The van der Waals surface area contributed by atoms with E-state index in [1.165, 1.54) is 16.8 Å². The summed E-state index contributed by atoms with van der Waals surface area (Å²) in [6.07, 6.45) is -0.965. The van der Waals surface area contributed by atoms with Crippen molar-refractivity contribution in [2.75, 3.05) is 21.1 Å². The van der Waals surface area contributed by atoms with E-state index in [0.29, 0.717) is 0 Å². The number of phosphoric ester groups is 2. The summed E-state index contributed by atoms with van der Waals surface area (Å²) in [5.74, 6) is -3.39. The predicted molar refractivity (Wildman–Crippen MR) is 52.4 cm³/mol. The topological polar surface area (TPSA) is 96.0 Å². The van der Waals surface area contributed by atoms with E-state index in [2.05, 4.69) is 0 Å². The van der Waals surface area contributed by atoms with Gasteiger partial charge in [0.1, 0.15) is 0 Å². The maximum absolute atomic E-state index is 12.0. The lowest BCUT2D eigenvalue weighted by atomic mass is 10.3. The van der Waals surface area contributed by atoms with E-state index < -0.39 is 33.9 Å². The molecule has 6 aliphatic rings. The van der Waals surface area contributed by atoms with Crippen molar-refractivity contribution in [2.45, 2.75) is 18.2 Å². The maximum Gasteiger partial charge on any atom is 0.486 e. The Hall–Kier alpha value is 0.140. The summed E-state index contributed by atoms with van der Waals surface area (Å²) < 4.78 is 54.8. The van der Waals surface area contributed by atoms with E-state index in [-0.39, 0.29) is 0 Å². The van der Waals surface area contributed by atoms with Crippen LogP contribution in [0.1, 0.15) is 0 Å². The minimum Gasteiger partial charge on any atom is -0.252 e. The number of hydrogen-bond donors (Lipinski definition) is 0. The summed E-state index contributed by atoms with van der Waals surface area (Å²) in [5.41, 5.74) is 0. The SMILES string of the molecule is CN(C)C12OP3(=O)OC(O3)N(C)C13OP(=O)(O2)O3. The second kappa shape index (κ2) is 2.91. The van der Waals surface area contributed by atoms with E-state index in [1.54, 1.807) is 14.1 Å². The number of nitrogens with zero attached hydrogens (tertiary/aromatic N) is 2. The molecule has 1 spiro atoms. The van der Waals surface area contributed by atoms with Gasteiger partial charge in [0.05, 0.1) is 0 Å². The van der Waals surface area contributed by atoms with E-state index in [9.17, 15) is 9.13 Å². The molecule has 12 heteroatoms. The lowest BCUT2D eigenvalue weighted by Crippen LogP contribution is -2.69. The summed E-state index contributed by atoms with van der Waals surface area (Å²) in [6, 6.07) is 0. The van der Waals surface area contributed by atoms with Crippen molar-refractivity contribution >= 4 is 15.6 Å². The van der Waals surface area contributed by atoms with Crippen LogP contribution in [0.2, 0.25) is 0 Å². The minimum atomic E-state index is -3.75. The predicted octanol–water partition coefficient (Wildman–Crippen LogP) is 0.441. The molecule has 6 heterocycles. The van der Waals surface area contributed by atoms with Crippen LogP contribution in [-0.2, 0) is 36.3 Å². The van der Waals surface area contributed by atoms with Gasteiger partial charge in [-0.05, 0) is 21.1 Å². The van der Waals surface area contributed by atoms with Crippen LogP contribution < -0.4 is 0 Å². The fourth-order valence-electron chi connectivity index (χ4n) is 2.25. The Morgan fingerprint density at radius 3 is 2.17 bits per heavy atom. The molecule has 0 N–H and O–H groups in total. The van der Waals surface area contributed by atoms with Crippen LogP contribution in [0.25, 0.3) is 0 Å². The highest BCUT2D eigenvalue weighted by Gasteiger charge is 2.89. The summed E-state index contributed by atoms with van der Waals surface area (Å²) in [4.78, 5) is 2.74. The molecule has 102 valence electrons. The summed E-state index contributed by atoms with van der Waals surface area (Å²) in [7, 11) is -2.74. The Morgan fingerprint density at radius 2 is 1.61 bits per heavy atom. The first-order valence-corrected chi connectivity index (χ1v) is 7.97. The Kier molecular flexibility index (Phi) is 1.93. The molecule has 0 aromatic carbocycles. The fourth-order valence-corrected chi connectivity index (χ4v) is 5.55. The largest absolute Gasteiger partial charge is 0.486 e. The first-order valence-electron chi connectivity index (χ1n) is 5.05. The van der Waals surface area contributed by atoms with Gasteiger partial charge in [-0.1, -0.05) is 0 Å². The highest BCUT2D eigenvalue weighted by atomic mass is 31.2. The summed E-state index contributed by atoms with van der Waals surface area (Å²) in [6.45, 7) is 0. The molecule has 1 atom stereocenters. The molecule has 0 radical (unpaired) electrons. The van der Waals surface area contributed by atoms with Crippen LogP contribution in [0.3, 0.4) is 0 Å². The van der Waals surface area contributed by atoms with Crippen LogP contribution >= 0.6 is 15.6 Å². The molecule has 1 unspecified atom stereocenters. The van der Waals surface area contributed by atoms with Crippen molar-refractivity contribution in [2.24, 2.45) is 0 Å². The van der Waals surface area contributed by atoms with Gasteiger partial charge in [-0.2, -0.15) is 4.90 Å². The van der Waals surface area contributed by atoms with Crippen molar-refractivity contribution in [3.8, 4) is 0 Å². The number of rotatable bonds is 1. The second-order valence-corrected chi connectivity index (χ2v) is 7.39. The van der Waals surface area contributed by atoms with Crippen LogP contribution in [0.15, 0.2) is 0 Å². The van der Waals surface area contributed by atoms with E-state index >= 15 is 0 Å². The van der Waals surface area contributed by atoms with Gasteiger partial charge in [0.15, 0.2) is 0 Å². The van der Waals surface area contributed by atoms with Crippen molar-refractivity contribution in [3.63, 3.8) is 0 Å². The second-order valence-electron chi connectivity index (χ2n) is 4.45. The van der Waals surface area contributed by atoms with E-state index in [4.69, 9.17) is 27.1 Å².